The number of nitriles is 1. The zero-order valence-corrected chi connectivity index (χ0v) is 11.4. The van der Waals surface area contributed by atoms with E-state index >= 15 is 0 Å². The van der Waals surface area contributed by atoms with Crippen molar-refractivity contribution in [2.45, 2.75) is 17.0 Å². The second-order valence-electron chi connectivity index (χ2n) is 3.33. The standard InChI is InChI=1S/C12H8BrN3S/c1-8-4-5-15-12(16-8)17-11-6-10(13)3-2-9(11)7-14/h2-6H,1H3. The van der Waals surface area contributed by atoms with Gasteiger partial charge in [-0.2, -0.15) is 5.26 Å². The normalized spacial score (nSPS) is 9.94. The Kier molecular flexibility index (Phi) is 3.77. The maximum atomic E-state index is 9.02. The van der Waals surface area contributed by atoms with E-state index in [2.05, 4.69) is 32.0 Å². The molecule has 0 aliphatic rings. The molecule has 0 radical (unpaired) electrons. The summed E-state index contributed by atoms with van der Waals surface area (Å²) in [5.41, 5.74) is 1.54. The Morgan fingerprint density at radius 2 is 2.18 bits per heavy atom. The predicted octanol–water partition coefficient (Wildman–Crippen LogP) is 3.57. The molecule has 1 aromatic heterocycles. The van der Waals surface area contributed by atoms with Gasteiger partial charge in [0.1, 0.15) is 6.07 Å². The largest absolute Gasteiger partial charge is 0.231 e. The first-order chi connectivity index (χ1) is 8.19. The minimum atomic E-state index is 0.628. The van der Waals surface area contributed by atoms with E-state index in [1.807, 2.05) is 25.1 Å². The Bertz CT molecular complexity index is 593. The molecule has 0 N–H and O–H groups in total. The Hall–Kier alpha value is -1.38. The monoisotopic (exact) mass is 305 g/mol. The summed E-state index contributed by atoms with van der Waals surface area (Å²) in [6.07, 6.45) is 1.72. The number of aromatic nitrogens is 2. The number of hydrogen-bond donors (Lipinski definition) is 0. The van der Waals surface area contributed by atoms with E-state index in [0.29, 0.717) is 10.7 Å². The molecule has 0 amide bonds. The van der Waals surface area contributed by atoms with Gasteiger partial charge in [0, 0.05) is 21.3 Å². The van der Waals surface area contributed by atoms with Crippen molar-refractivity contribution in [1.29, 1.82) is 5.26 Å². The van der Waals surface area contributed by atoms with Gasteiger partial charge in [0.05, 0.1) is 5.56 Å². The van der Waals surface area contributed by atoms with Crippen LogP contribution in [0.25, 0.3) is 0 Å². The van der Waals surface area contributed by atoms with Gasteiger partial charge >= 0.3 is 0 Å². The third-order valence-corrected chi connectivity index (χ3v) is 3.47. The van der Waals surface area contributed by atoms with Gasteiger partial charge in [0.15, 0.2) is 5.16 Å². The smallest absolute Gasteiger partial charge is 0.192 e. The third kappa shape index (κ3) is 3.05. The van der Waals surface area contributed by atoms with Gasteiger partial charge in [-0.1, -0.05) is 15.9 Å². The molecule has 0 spiro atoms. The van der Waals surface area contributed by atoms with Crippen molar-refractivity contribution >= 4 is 27.7 Å². The van der Waals surface area contributed by atoms with Crippen molar-refractivity contribution in [2.75, 3.05) is 0 Å². The lowest BCUT2D eigenvalue weighted by molar-refractivity contribution is 0.932. The summed E-state index contributed by atoms with van der Waals surface area (Å²) >= 11 is 4.78. The zero-order valence-electron chi connectivity index (χ0n) is 9.01. The molecule has 0 fully saturated rings. The Labute approximate surface area is 112 Å². The minimum Gasteiger partial charge on any atom is -0.231 e. The fourth-order valence-electron chi connectivity index (χ4n) is 1.25. The molecule has 5 heteroatoms. The number of halogens is 1. The van der Waals surface area contributed by atoms with Crippen molar-refractivity contribution in [3.8, 4) is 6.07 Å². The van der Waals surface area contributed by atoms with Crippen LogP contribution in [0.1, 0.15) is 11.3 Å². The fraction of sp³-hybridized carbons (Fsp3) is 0.0833. The lowest BCUT2D eigenvalue weighted by Crippen LogP contribution is -1.89. The van der Waals surface area contributed by atoms with E-state index in [0.717, 1.165) is 15.1 Å². The van der Waals surface area contributed by atoms with Crippen LogP contribution in [0.15, 0.2) is 45.0 Å². The Morgan fingerprint density at radius 1 is 1.35 bits per heavy atom. The van der Waals surface area contributed by atoms with Crippen molar-refractivity contribution in [2.24, 2.45) is 0 Å². The van der Waals surface area contributed by atoms with Gasteiger partial charge in [0.25, 0.3) is 0 Å². The molecule has 0 aliphatic carbocycles. The molecule has 0 bridgehead atoms. The fourth-order valence-corrected chi connectivity index (χ4v) is 2.67. The van der Waals surface area contributed by atoms with Gasteiger partial charge in [-0.25, -0.2) is 9.97 Å². The lowest BCUT2D eigenvalue weighted by atomic mass is 10.2. The first-order valence-electron chi connectivity index (χ1n) is 4.86. The Balaban J connectivity index is 2.36. The van der Waals surface area contributed by atoms with Gasteiger partial charge in [0.2, 0.25) is 0 Å². The molecule has 1 aromatic carbocycles. The highest BCUT2D eigenvalue weighted by Crippen LogP contribution is 2.30. The van der Waals surface area contributed by atoms with Crippen LogP contribution in [0.5, 0.6) is 0 Å². The molecule has 84 valence electrons. The van der Waals surface area contributed by atoms with Crippen LogP contribution in [-0.4, -0.2) is 9.97 Å². The summed E-state index contributed by atoms with van der Waals surface area (Å²) in [7, 11) is 0. The van der Waals surface area contributed by atoms with Gasteiger partial charge in [-0.3, -0.25) is 0 Å². The average Bonchev–Trinajstić information content (AvgIpc) is 2.29. The number of hydrogen-bond acceptors (Lipinski definition) is 4. The molecular formula is C12H8BrN3S. The molecule has 3 nitrogen and oxygen atoms in total. The SMILES string of the molecule is Cc1ccnc(Sc2cc(Br)ccc2C#N)n1. The topological polar surface area (TPSA) is 49.6 Å². The molecule has 17 heavy (non-hydrogen) atoms. The lowest BCUT2D eigenvalue weighted by Gasteiger charge is -2.03. The van der Waals surface area contributed by atoms with E-state index < -0.39 is 0 Å². The summed E-state index contributed by atoms with van der Waals surface area (Å²) in [5, 5.41) is 9.67. The highest BCUT2D eigenvalue weighted by molar-refractivity contribution is 9.10. The first kappa shape index (κ1) is 12.1. The van der Waals surface area contributed by atoms with Crippen LogP contribution in [0.4, 0.5) is 0 Å². The van der Waals surface area contributed by atoms with Gasteiger partial charge in [-0.05, 0) is 43.0 Å². The number of nitrogens with zero attached hydrogens (tertiary/aromatic N) is 3. The second-order valence-corrected chi connectivity index (χ2v) is 5.26. The van der Waals surface area contributed by atoms with E-state index in [9.17, 15) is 0 Å². The summed E-state index contributed by atoms with van der Waals surface area (Å²) in [6.45, 7) is 1.91. The van der Waals surface area contributed by atoms with E-state index in [1.54, 1.807) is 12.3 Å². The van der Waals surface area contributed by atoms with Crippen LogP contribution in [0, 0.1) is 18.3 Å². The third-order valence-electron chi connectivity index (χ3n) is 2.04. The number of aryl methyl sites for hydroxylation is 1. The molecule has 0 saturated carbocycles. The van der Waals surface area contributed by atoms with E-state index in [1.165, 1.54) is 11.8 Å². The first-order valence-corrected chi connectivity index (χ1v) is 6.47. The van der Waals surface area contributed by atoms with E-state index in [4.69, 9.17) is 5.26 Å². The molecular weight excluding hydrogens is 298 g/mol. The molecule has 2 rings (SSSR count). The highest BCUT2D eigenvalue weighted by Gasteiger charge is 2.07. The van der Waals surface area contributed by atoms with Crippen LogP contribution in [0.2, 0.25) is 0 Å². The average molecular weight is 306 g/mol. The van der Waals surface area contributed by atoms with Crippen LogP contribution >= 0.6 is 27.7 Å². The van der Waals surface area contributed by atoms with Crippen LogP contribution < -0.4 is 0 Å². The maximum Gasteiger partial charge on any atom is 0.192 e. The van der Waals surface area contributed by atoms with Crippen molar-refractivity contribution < 1.29 is 0 Å². The van der Waals surface area contributed by atoms with Gasteiger partial charge < -0.3 is 0 Å². The highest BCUT2D eigenvalue weighted by atomic mass is 79.9. The molecule has 0 aliphatic heterocycles. The quantitative estimate of drug-likeness (QED) is 0.796. The summed E-state index contributed by atoms with van der Waals surface area (Å²) in [6, 6.07) is 9.53. The number of benzene rings is 1. The zero-order chi connectivity index (χ0) is 12.3. The van der Waals surface area contributed by atoms with Crippen molar-refractivity contribution in [3.05, 3.63) is 46.2 Å². The summed E-state index contributed by atoms with van der Waals surface area (Å²) in [4.78, 5) is 9.32. The predicted molar refractivity (Wildman–Crippen MR) is 69.7 cm³/mol. The summed E-state index contributed by atoms with van der Waals surface area (Å²) < 4.78 is 0.937. The molecule has 0 saturated heterocycles. The van der Waals surface area contributed by atoms with Crippen molar-refractivity contribution in [3.63, 3.8) is 0 Å². The van der Waals surface area contributed by atoms with E-state index in [-0.39, 0.29) is 0 Å². The molecule has 0 atom stereocenters. The molecule has 0 unspecified atom stereocenters. The minimum absolute atomic E-state index is 0.628. The van der Waals surface area contributed by atoms with Crippen LogP contribution in [-0.2, 0) is 0 Å². The summed E-state index contributed by atoms with van der Waals surface area (Å²) in [5.74, 6) is 0. The second kappa shape index (κ2) is 5.30. The van der Waals surface area contributed by atoms with Crippen LogP contribution in [0.3, 0.4) is 0 Å². The number of rotatable bonds is 2. The van der Waals surface area contributed by atoms with Crippen molar-refractivity contribution in [1.82, 2.24) is 9.97 Å². The van der Waals surface area contributed by atoms with Gasteiger partial charge in [-0.15, -0.1) is 0 Å². The maximum absolute atomic E-state index is 9.02. The molecule has 1 heterocycles. The molecule has 2 aromatic rings. The Morgan fingerprint density at radius 3 is 2.88 bits per heavy atom.